The van der Waals surface area contributed by atoms with Crippen molar-refractivity contribution in [1.29, 1.82) is 0 Å². The van der Waals surface area contributed by atoms with Gasteiger partial charge in [-0.05, 0) is 151 Å². The molecule has 0 aliphatic heterocycles. The van der Waals surface area contributed by atoms with Crippen LogP contribution in [0, 0.1) is 0 Å². The molecule has 2 aromatic heterocycles. The average molecular weight is 955 g/mol. The largest absolute Gasteiger partial charge is 0.310 e. The van der Waals surface area contributed by atoms with Crippen LogP contribution in [0.4, 0.5) is 34.1 Å². The van der Waals surface area contributed by atoms with Crippen molar-refractivity contribution in [2.75, 3.05) is 9.80 Å². The van der Waals surface area contributed by atoms with Gasteiger partial charge in [0.2, 0.25) is 0 Å². The molecule has 0 aliphatic rings. The van der Waals surface area contributed by atoms with Crippen LogP contribution >= 0.6 is 0 Å². The van der Waals surface area contributed by atoms with Gasteiger partial charge < -0.3 is 14.4 Å². The van der Waals surface area contributed by atoms with Gasteiger partial charge >= 0.3 is 0 Å². The van der Waals surface area contributed by atoms with E-state index >= 15 is 0 Å². The number of hydrogen-bond acceptors (Lipinski definition) is 3. The third-order valence-corrected chi connectivity index (χ3v) is 15.3. The Hall–Kier alpha value is -10.0. The van der Waals surface area contributed by atoms with E-state index in [1.165, 1.54) is 75.8 Å². The molecule has 0 fully saturated rings. The molecule has 2 heterocycles. The molecule has 15 aromatic rings. The first-order chi connectivity index (χ1) is 37.2. The third kappa shape index (κ3) is 7.10. The number of hydrogen-bond donors (Lipinski definition) is 0. The summed E-state index contributed by atoms with van der Waals surface area (Å²) in [5, 5.41) is 14.7. The van der Waals surface area contributed by atoms with Gasteiger partial charge in [-0.25, -0.2) is 0 Å². The molecule has 15 rings (SSSR count). The van der Waals surface area contributed by atoms with E-state index in [9.17, 15) is 0 Å². The first kappa shape index (κ1) is 42.6. The van der Waals surface area contributed by atoms with Gasteiger partial charge in [0.25, 0.3) is 0 Å². The molecule has 0 atom stereocenters. The number of para-hydroxylation sites is 3. The standard InChI is InChI=1S/C71H46N4/c1-4-18-55(19-5-1)74(56-20-6-2-7-21-56)67-41-31-50-27-38-64-61(35-26-49-28-39-65(67)71(50)70(49)64)53-29-36-62-63-37-30-54(45-69(63)75(68(62)44-53)57-22-8-3-9-23-57)66-40-34-60(46-72-66)73(58-32-24-47-14-10-12-16-51(47)42-58)59-33-25-48-15-11-13-17-52(48)43-59/h1-46H. The van der Waals surface area contributed by atoms with Crippen LogP contribution < -0.4 is 9.80 Å². The summed E-state index contributed by atoms with van der Waals surface area (Å²) >= 11 is 0. The smallest absolute Gasteiger partial charge is 0.0704 e. The second-order valence-corrected chi connectivity index (χ2v) is 19.6. The SMILES string of the molecule is c1ccc(N(c2ccccc2)c2ccc3ccc4c(-c5ccc6c7ccc(-c8ccc(N(c9ccc%10ccccc%10c9)c9ccc%10ccccc%10c9)cn8)cc7n(-c7ccccc7)c6c5)ccc5ccc2c3c54)cc1. The predicted molar refractivity (Wildman–Crippen MR) is 318 cm³/mol. The molecule has 0 N–H and O–H groups in total. The Balaban J connectivity index is 0.852. The van der Waals surface area contributed by atoms with Crippen molar-refractivity contribution in [2.24, 2.45) is 0 Å². The number of rotatable bonds is 9. The lowest BCUT2D eigenvalue weighted by Gasteiger charge is -2.27. The fourth-order valence-electron chi connectivity index (χ4n) is 11.8. The molecule has 0 aliphatic carbocycles. The van der Waals surface area contributed by atoms with Crippen molar-refractivity contribution in [2.45, 2.75) is 0 Å². The Labute approximate surface area is 434 Å². The number of fused-ring (bicyclic) bond motifs is 5. The molecule has 350 valence electrons. The fraction of sp³-hybridized carbons (Fsp3) is 0. The maximum atomic E-state index is 5.22. The normalized spacial score (nSPS) is 11.7. The summed E-state index contributed by atoms with van der Waals surface area (Å²) in [6.07, 6.45) is 2.02. The Bertz CT molecular complexity index is 4520. The molecule has 0 amide bonds. The summed E-state index contributed by atoms with van der Waals surface area (Å²) < 4.78 is 2.43. The number of nitrogens with zero attached hydrogens (tertiary/aromatic N) is 4. The predicted octanol–water partition coefficient (Wildman–Crippen LogP) is 19.7. The zero-order chi connectivity index (χ0) is 49.4. The summed E-state index contributed by atoms with van der Waals surface area (Å²) in [7, 11) is 0. The molecule has 4 nitrogen and oxygen atoms in total. The summed E-state index contributed by atoms with van der Waals surface area (Å²) in [6, 6.07) is 99.3. The highest BCUT2D eigenvalue weighted by Gasteiger charge is 2.22. The van der Waals surface area contributed by atoms with Crippen LogP contribution in [0.15, 0.2) is 279 Å². The maximum Gasteiger partial charge on any atom is 0.0704 e. The molecule has 75 heavy (non-hydrogen) atoms. The second-order valence-electron chi connectivity index (χ2n) is 19.6. The van der Waals surface area contributed by atoms with Gasteiger partial charge in [0, 0.05) is 50.2 Å². The van der Waals surface area contributed by atoms with E-state index in [4.69, 9.17) is 4.98 Å². The Kier molecular flexibility index (Phi) is 9.85. The van der Waals surface area contributed by atoms with Crippen LogP contribution in [0.2, 0.25) is 0 Å². The van der Waals surface area contributed by atoms with Crippen molar-refractivity contribution < 1.29 is 0 Å². The molecule has 0 radical (unpaired) electrons. The lowest BCUT2D eigenvalue weighted by molar-refractivity contribution is 1.18. The van der Waals surface area contributed by atoms with Crippen LogP contribution in [0.1, 0.15) is 0 Å². The lowest BCUT2D eigenvalue weighted by Crippen LogP contribution is -2.10. The zero-order valence-corrected chi connectivity index (χ0v) is 40.8. The fourth-order valence-corrected chi connectivity index (χ4v) is 11.8. The van der Waals surface area contributed by atoms with Gasteiger partial charge in [-0.1, -0.05) is 182 Å². The number of benzene rings is 13. The minimum absolute atomic E-state index is 0.913. The van der Waals surface area contributed by atoms with Gasteiger partial charge in [-0.2, -0.15) is 0 Å². The molecule has 0 bridgehead atoms. The monoisotopic (exact) mass is 954 g/mol. The molecular formula is C71H46N4. The van der Waals surface area contributed by atoms with Crippen LogP contribution in [0.25, 0.3) is 104 Å². The highest BCUT2D eigenvalue weighted by molar-refractivity contribution is 6.28. The molecule has 4 heteroatoms. The minimum Gasteiger partial charge on any atom is -0.310 e. The first-order valence-corrected chi connectivity index (χ1v) is 25.7. The number of anilines is 6. The first-order valence-electron chi connectivity index (χ1n) is 25.7. The van der Waals surface area contributed by atoms with E-state index in [1.807, 2.05) is 6.20 Å². The molecule has 0 saturated carbocycles. The van der Waals surface area contributed by atoms with Crippen molar-refractivity contribution >= 4 is 110 Å². The second kappa shape index (κ2) is 17.3. The van der Waals surface area contributed by atoms with E-state index < -0.39 is 0 Å². The van der Waals surface area contributed by atoms with E-state index in [0.29, 0.717) is 0 Å². The quantitative estimate of drug-likeness (QED) is 0.135. The molecule has 0 saturated heterocycles. The number of aromatic nitrogens is 2. The van der Waals surface area contributed by atoms with Gasteiger partial charge in [0.15, 0.2) is 0 Å². The lowest BCUT2D eigenvalue weighted by atomic mass is 9.89. The minimum atomic E-state index is 0.913. The Morgan fingerprint density at radius 2 is 0.773 bits per heavy atom. The average Bonchev–Trinajstić information content (AvgIpc) is 3.82. The van der Waals surface area contributed by atoms with Crippen LogP contribution in [0.5, 0.6) is 0 Å². The third-order valence-electron chi connectivity index (χ3n) is 15.3. The van der Waals surface area contributed by atoms with Gasteiger partial charge in [-0.3, -0.25) is 4.98 Å². The number of pyridine rings is 1. The van der Waals surface area contributed by atoms with Crippen LogP contribution in [-0.2, 0) is 0 Å². The zero-order valence-electron chi connectivity index (χ0n) is 40.8. The van der Waals surface area contributed by atoms with E-state index in [1.54, 1.807) is 0 Å². The molecular weight excluding hydrogens is 909 g/mol. The molecule has 0 unspecified atom stereocenters. The summed E-state index contributed by atoms with van der Waals surface area (Å²) in [6.45, 7) is 0. The Morgan fingerprint density at radius 3 is 1.39 bits per heavy atom. The van der Waals surface area contributed by atoms with Crippen molar-refractivity contribution in [1.82, 2.24) is 9.55 Å². The van der Waals surface area contributed by atoms with E-state index in [-0.39, 0.29) is 0 Å². The highest BCUT2D eigenvalue weighted by Crippen LogP contribution is 2.47. The molecule has 0 spiro atoms. The van der Waals surface area contributed by atoms with Crippen molar-refractivity contribution in [3.63, 3.8) is 0 Å². The summed E-state index contributed by atoms with van der Waals surface area (Å²) in [5.74, 6) is 0. The van der Waals surface area contributed by atoms with Crippen molar-refractivity contribution in [3.05, 3.63) is 279 Å². The highest BCUT2D eigenvalue weighted by atomic mass is 15.2. The topological polar surface area (TPSA) is 24.3 Å². The van der Waals surface area contributed by atoms with Crippen LogP contribution in [-0.4, -0.2) is 9.55 Å². The van der Waals surface area contributed by atoms with Crippen LogP contribution in [0.3, 0.4) is 0 Å². The van der Waals surface area contributed by atoms with Crippen molar-refractivity contribution in [3.8, 4) is 28.1 Å². The summed E-state index contributed by atoms with van der Waals surface area (Å²) in [5.41, 5.74) is 14.3. The van der Waals surface area contributed by atoms with E-state index in [2.05, 4.69) is 287 Å². The maximum absolute atomic E-state index is 5.22. The van der Waals surface area contributed by atoms with Gasteiger partial charge in [-0.15, -0.1) is 0 Å². The van der Waals surface area contributed by atoms with E-state index in [0.717, 1.165) is 62.1 Å². The van der Waals surface area contributed by atoms with Gasteiger partial charge in [0.05, 0.1) is 34.3 Å². The molecule has 13 aromatic carbocycles. The Morgan fingerprint density at radius 1 is 0.293 bits per heavy atom. The summed E-state index contributed by atoms with van der Waals surface area (Å²) in [4.78, 5) is 9.91. The van der Waals surface area contributed by atoms with Gasteiger partial charge in [0.1, 0.15) is 0 Å².